The normalized spacial score (nSPS) is 12.1. The van der Waals surface area contributed by atoms with Gasteiger partial charge in [-0.3, -0.25) is 4.79 Å². The van der Waals surface area contributed by atoms with Crippen LogP contribution in [0.5, 0.6) is 5.75 Å². The first kappa shape index (κ1) is 16.1. The minimum absolute atomic E-state index is 0.0986. The van der Waals surface area contributed by atoms with Gasteiger partial charge < -0.3 is 14.5 Å². The van der Waals surface area contributed by atoms with Crippen LogP contribution in [0.25, 0.3) is 11.0 Å². The second-order valence-corrected chi connectivity index (χ2v) is 5.78. The molecule has 3 rings (SSSR count). The van der Waals surface area contributed by atoms with Gasteiger partial charge in [0.05, 0.1) is 13.2 Å². The van der Waals surface area contributed by atoms with E-state index in [9.17, 15) is 4.79 Å². The van der Waals surface area contributed by atoms with E-state index in [1.807, 2.05) is 37.3 Å². The van der Waals surface area contributed by atoms with Gasteiger partial charge in [0.1, 0.15) is 0 Å². The Morgan fingerprint density at radius 3 is 2.62 bits per heavy atom. The van der Waals surface area contributed by atoms with Crippen LogP contribution in [0.4, 0.5) is 0 Å². The van der Waals surface area contributed by atoms with Gasteiger partial charge in [-0.1, -0.05) is 43.3 Å². The highest BCUT2D eigenvalue weighted by Gasteiger charge is 2.17. The first-order valence-electron chi connectivity index (χ1n) is 8.08. The number of benzene rings is 2. The molecule has 1 heterocycles. The Hall–Kier alpha value is -2.75. The number of hydrogen-bond acceptors (Lipinski definition) is 3. The van der Waals surface area contributed by atoms with Crippen molar-refractivity contribution in [2.45, 2.75) is 26.3 Å². The first-order chi connectivity index (χ1) is 11.6. The van der Waals surface area contributed by atoms with E-state index >= 15 is 0 Å². The summed E-state index contributed by atoms with van der Waals surface area (Å²) < 4.78 is 11.0. The van der Waals surface area contributed by atoms with Crippen LogP contribution in [-0.2, 0) is 6.42 Å². The Balaban J connectivity index is 1.78. The molecular formula is C20H21NO3. The fraction of sp³-hybridized carbons (Fsp3) is 0.250. The summed E-state index contributed by atoms with van der Waals surface area (Å²) in [6.45, 7) is 4.08. The van der Waals surface area contributed by atoms with Crippen LogP contribution in [0.3, 0.4) is 0 Å². The highest BCUT2D eigenvalue weighted by Crippen LogP contribution is 2.28. The zero-order valence-corrected chi connectivity index (χ0v) is 14.1. The van der Waals surface area contributed by atoms with Crippen molar-refractivity contribution in [1.29, 1.82) is 0 Å². The summed E-state index contributed by atoms with van der Waals surface area (Å²) in [5.74, 6) is 0.668. The number of carbonyl (C=O) groups excluding carboxylic acids is 1. The molecule has 0 saturated heterocycles. The van der Waals surface area contributed by atoms with Crippen LogP contribution in [0.1, 0.15) is 41.6 Å². The molecule has 3 aromatic rings. The summed E-state index contributed by atoms with van der Waals surface area (Å²) in [6.07, 6.45) is 1.00. The minimum atomic E-state index is -0.236. The SMILES string of the molecule is CCc1ccc([C@H](C)NC(=O)c2cc3cccc(OC)c3o2)cc1. The molecule has 124 valence electrons. The zero-order chi connectivity index (χ0) is 17.1. The maximum Gasteiger partial charge on any atom is 0.287 e. The Kier molecular flexibility index (Phi) is 4.56. The number of nitrogens with one attached hydrogen (secondary N) is 1. The summed E-state index contributed by atoms with van der Waals surface area (Å²) in [5.41, 5.74) is 2.93. The Labute approximate surface area is 141 Å². The van der Waals surface area contributed by atoms with E-state index in [0.29, 0.717) is 11.3 Å². The molecule has 0 fully saturated rings. The Morgan fingerprint density at radius 1 is 1.21 bits per heavy atom. The van der Waals surface area contributed by atoms with Crippen LogP contribution >= 0.6 is 0 Å². The number of ether oxygens (including phenoxy) is 1. The van der Waals surface area contributed by atoms with Crippen molar-refractivity contribution in [2.24, 2.45) is 0 Å². The smallest absolute Gasteiger partial charge is 0.287 e. The standard InChI is InChI=1S/C20H21NO3/c1-4-14-8-10-15(11-9-14)13(2)21-20(22)18-12-16-6-5-7-17(23-3)19(16)24-18/h5-13H,4H2,1-3H3,(H,21,22)/t13-/m0/s1. The predicted octanol–water partition coefficient (Wildman–Crippen LogP) is 4.49. The molecule has 1 atom stereocenters. The molecule has 0 bridgehead atoms. The van der Waals surface area contributed by atoms with Gasteiger partial charge in [0.2, 0.25) is 0 Å². The van der Waals surface area contributed by atoms with Gasteiger partial charge in [0.15, 0.2) is 17.1 Å². The van der Waals surface area contributed by atoms with Crippen LogP contribution in [0, 0.1) is 0 Å². The van der Waals surface area contributed by atoms with E-state index in [1.54, 1.807) is 13.2 Å². The number of amides is 1. The molecule has 1 amide bonds. The summed E-state index contributed by atoms with van der Waals surface area (Å²) in [4.78, 5) is 12.5. The average molecular weight is 323 g/mol. The molecular weight excluding hydrogens is 302 g/mol. The number of para-hydroxylation sites is 1. The third-order valence-electron chi connectivity index (χ3n) is 4.19. The molecule has 24 heavy (non-hydrogen) atoms. The van der Waals surface area contributed by atoms with Crippen molar-refractivity contribution in [3.8, 4) is 5.75 Å². The van der Waals surface area contributed by atoms with Crippen molar-refractivity contribution < 1.29 is 13.9 Å². The maximum absolute atomic E-state index is 12.5. The van der Waals surface area contributed by atoms with Crippen LogP contribution in [0.2, 0.25) is 0 Å². The van der Waals surface area contributed by atoms with E-state index in [-0.39, 0.29) is 17.7 Å². The molecule has 0 spiro atoms. The van der Waals surface area contributed by atoms with Gasteiger partial charge in [-0.05, 0) is 36.6 Å². The monoisotopic (exact) mass is 323 g/mol. The van der Waals surface area contributed by atoms with Crippen LogP contribution in [-0.4, -0.2) is 13.0 Å². The lowest BCUT2D eigenvalue weighted by Crippen LogP contribution is -2.26. The van der Waals surface area contributed by atoms with E-state index in [4.69, 9.17) is 9.15 Å². The van der Waals surface area contributed by atoms with Crippen molar-refractivity contribution in [2.75, 3.05) is 7.11 Å². The van der Waals surface area contributed by atoms with Crippen molar-refractivity contribution in [3.05, 3.63) is 65.4 Å². The van der Waals surface area contributed by atoms with E-state index < -0.39 is 0 Å². The first-order valence-corrected chi connectivity index (χ1v) is 8.08. The fourth-order valence-electron chi connectivity index (χ4n) is 2.70. The lowest BCUT2D eigenvalue weighted by Gasteiger charge is -2.13. The fourth-order valence-corrected chi connectivity index (χ4v) is 2.70. The van der Waals surface area contributed by atoms with E-state index in [2.05, 4.69) is 24.4 Å². The molecule has 0 saturated carbocycles. The number of hydrogen-bond donors (Lipinski definition) is 1. The van der Waals surface area contributed by atoms with Crippen LogP contribution in [0.15, 0.2) is 52.9 Å². The van der Waals surface area contributed by atoms with Gasteiger partial charge in [0.25, 0.3) is 5.91 Å². The van der Waals surface area contributed by atoms with Crippen molar-refractivity contribution in [3.63, 3.8) is 0 Å². The highest BCUT2D eigenvalue weighted by atomic mass is 16.5. The molecule has 0 unspecified atom stereocenters. The third-order valence-corrected chi connectivity index (χ3v) is 4.19. The molecule has 0 aliphatic heterocycles. The number of fused-ring (bicyclic) bond motifs is 1. The minimum Gasteiger partial charge on any atom is -0.493 e. The van der Waals surface area contributed by atoms with Crippen molar-refractivity contribution >= 4 is 16.9 Å². The van der Waals surface area contributed by atoms with Gasteiger partial charge in [-0.15, -0.1) is 0 Å². The van der Waals surface area contributed by atoms with Gasteiger partial charge in [-0.25, -0.2) is 0 Å². The van der Waals surface area contributed by atoms with E-state index in [0.717, 1.165) is 17.4 Å². The third kappa shape index (κ3) is 3.13. The number of furan rings is 1. The molecule has 4 heteroatoms. The molecule has 2 aromatic carbocycles. The number of rotatable bonds is 5. The summed E-state index contributed by atoms with van der Waals surface area (Å²) in [5, 5.41) is 3.82. The molecule has 1 aromatic heterocycles. The topological polar surface area (TPSA) is 51.5 Å². The second-order valence-electron chi connectivity index (χ2n) is 5.78. The summed E-state index contributed by atoms with van der Waals surface area (Å²) in [6, 6.07) is 15.5. The van der Waals surface area contributed by atoms with Gasteiger partial charge in [-0.2, -0.15) is 0 Å². The van der Waals surface area contributed by atoms with Crippen LogP contribution < -0.4 is 10.1 Å². The quantitative estimate of drug-likeness (QED) is 0.752. The lowest BCUT2D eigenvalue weighted by atomic mass is 10.0. The summed E-state index contributed by atoms with van der Waals surface area (Å²) >= 11 is 0. The highest BCUT2D eigenvalue weighted by molar-refractivity contribution is 5.97. The number of carbonyl (C=O) groups is 1. The van der Waals surface area contributed by atoms with Crippen molar-refractivity contribution in [1.82, 2.24) is 5.32 Å². The number of aryl methyl sites for hydroxylation is 1. The molecule has 0 aliphatic carbocycles. The van der Waals surface area contributed by atoms with E-state index in [1.165, 1.54) is 5.56 Å². The maximum atomic E-state index is 12.5. The summed E-state index contributed by atoms with van der Waals surface area (Å²) in [7, 11) is 1.58. The average Bonchev–Trinajstić information content (AvgIpc) is 3.06. The van der Waals surface area contributed by atoms with Gasteiger partial charge in [0, 0.05) is 5.39 Å². The molecule has 0 aliphatic rings. The second kappa shape index (κ2) is 6.79. The lowest BCUT2D eigenvalue weighted by molar-refractivity contribution is 0.0914. The Bertz CT molecular complexity index is 849. The molecule has 0 radical (unpaired) electrons. The number of methoxy groups -OCH3 is 1. The predicted molar refractivity (Wildman–Crippen MR) is 94.5 cm³/mol. The Morgan fingerprint density at radius 2 is 1.96 bits per heavy atom. The molecule has 4 nitrogen and oxygen atoms in total. The van der Waals surface area contributed by atoms with Gasteiger partial charge >= 0.3 is 0 Å². The zero-order valence-electron chi connectivity index (χ0n) is 14.1. The largest absolute Gasteiger partial charge is 0.493 e. The molecule has 1 N–H and O–H groups in total.